The van der Waals surface area contributed by atoms with Crippen molar-refractivity contribution in [2.45, 2.75) is 32.8 Å². The van der Waals surface area contributed by atoms with Gasteiger partial charge in [-0.3, -0.25) is 0 Å². The molecule has 0 saturated heterocycles. The molecule has 0 radical (unpaired) electrons. The van der Waals surface area contributed by atoms with Gasteiger partial charge in [0, 0.05) is 5.70 Å². The lowest BCUT2D eigenvalue weighted by atomic mass is 9.85. The van der Waals surface area contributed by atoms with Crippen molar-refractivity contribution >= 4 is 0 Å². The van der Waals surface area contributed by atoms with Crippen LogP contribution in [0.5, 0.6) is 11.5 Å². The predicted octanol–water partition coefficient (Wildman–Crippen LogP) is 3.00. The largest absolute Gasteiger partial charge is 0.504 e. The number of phenolic OH excluding ortho intramolecular Hbond substituents is 2. The topological polar surface area (TPSA) is 86.7 Å². The van der Waals surface area contributed by atoms with Gasteiger partial charge in [-0.15, -0.1) is 0 Å². The lowest BCUT2D eigenvalue weighted by molar-refractivity contribution is 0.269. The average molecular weight is 315 g/mol. The minimum atomic E-state index is -0.642. The van der Waals surface area contributed by atoms with Crippen LogP contribution >= 0.6 is 0 Å². The van der Waals surface area contributed by atoms with Gasteiger partial charge < -0.3 is 21.1 Å². The molecule has 0 aliphatic heterocycles. The molecule has 3 atom stereocenters. The molecular weight excluding hydrogens is 290 g/mol. The first-order valence-electron chi connectivity index (χ1n) is 7.90. The van der Waals surface area contributed by atoms with Gasteiger partial charge in [0.25, 0.3) is 0 Å². The molecule has 1 aromatic rings. The Morgan fingerprint density at radius 3 is 2.39 bits per heavy atom. The quantitative estimate of drug-likeness (QED) is 0.629. The van der Waals surface area contributed by atoms with Crippen LogP contribution in [0.1, 0.15) is 25.8 Å². The van der Waals surface area contributed by atoms with Crippen LogP contribution in [-0.2, 0) is 6.42 Å². The molecule has 0 amide bonds. The summed E-state index contributed by atoms with van der Waals surface area (Å²) in [6.07, 6.45) is 8.24. The summed E-state index contributed by atoms with van der Waals surface area (Å²) in [5, 5.41) is 28.8. The Labute approximate surface area is 137 Å². The third-order valence-electron chi connectivity index (χ3n) is 4.36. The molecule has 0 aromatic heterocycles. The maximum absolute atomic E-state index is 9.85. The fourth-order valence-electron chi connectivity index (χ4n) is 2.76. The van der Waals surface area contributed by atoms with Gasteiger partial charge in [-0.1, -0.05) is 26.0 Å². The number of aromatic hydroxyl groups is 2. The van der Waals surface area contributed by atoms with Crippen molar-refractivity contribution in [1.82, 2.24) is 0 Å². The summed E-state index contributed by atoms with van der Waals surface area (Å²) in [5.74, 6) is 0.607. The number of rotatable bonds is 5. The van der Waals surface area contributed by atoms with E-state index in [-0.39, 0.29) is 11.5 Å². The summed E-state index contributed by atoms with van der Waals surface area (Å²) in [5.41, 5.74) is 8.38. The van der Waals surface area contributed by atoms with Crippen LogP contribution in [0.2, 0.25) is 0 Å². The van der Waals surface area contributed by atoms with Crippen molar-refractivity contribution in [1.29, 1.82) is 0 Å². The normalized spacial score (nSPS) is 20.4. The van der Waals surface area contributed by atoms with Crippen LogP contribution in [0, 0.1) is 11.8 Å². The third kappa shape index (κ3) is 4.89. The Morgan fingerprint density at radius 2 is 1.70 bits per heavy atom. The standard InChI is InChI=1S/C19H25NO3/c1-12(7-14-3-5-16(20)11-17(21)9-14)13(2)8-15-4-6-18(22)19(23)10-15/h3-6,9-13,17,21-23H,7-8,20H2,1-2H3/t12-,13+,17?/m1/s1. The highest BCUT2D eigenvalue weighted by molar-refractivity contribution is 5.40. The summed E-state index contributed by atoms with van der Waals surface area (Å²) >= 11 is 0. The van der Waals surface area contributed by atoms with Gasteiger partial charge in [-0.05, 0) is 66.2 Å². The summed E-state index contributed by atoms with van der Waals surface area (Å²) in [7, 11) is 0. The van der Waals surface area contributed by atoms with Crippen molar-refractivity contribution in [2.24, 2.45) is 17.6 Å². The van der Waals surface area contributed by atoms with Crippen LogP contribution in [-0.4, -0.2) is 21.4 Å². The number of nitrogens with two attached hydrogens (primary N) is 1. The lowest BCUT2D eigenvalue weighted by Crippen LogP contribution is -2.12. The Bertz CT molecular complexity index is 646. The molecule has 23 heavy (non-hydrogen) atoms. The number of hydrogen-bond donors (Lipinski definition) is 4. The number of aliphatic hydroxyl groups excluding tert-OH is 1. The molecule has 0 heterocycles. The van der Waals surface area contributed by atoms with E-state index in [1.807, 2.05) is 24.3 Å². The molecule has 4 nitrogen and oxygen atoms in total. The number of allylic oxidation sites excluding steroid dienone is 3. The van der Waals surface area contributed by atoms with Gasteiger partial charge in [-0.25, -0.2) is 0 Å². The molecule has 1 aliphatic rings. The summed E-state index contributed by atoms with van der Waals surface area (Å²) in [4.78, 5) is 0. The lowest BCUT2D eigenvalue weighted by Gasteiger charge is -2.21. The van der Waals surface area contributed by atoms with Gasteiger partial charge in [0.2, 0.25) is 0 Å². The molecule has 1 unspecified atom stereocenters. The molecule has 2 rings (SSSR count). The van der Waals surface area contributed by atoms with Crippen LogP contribution < -0.4 is 5.73 Å². The highest BCUT2D eigenvalue weighted by atomic mass is 16.3. The maximum atomic E-state index is 9.85. The average Bonchev–Trinajstić information content (AvgIpc) is 2.63. The van der Waals surface area contributed by atoms with Gasteiger partial charge in [0.1, 0.15) is 0 Å². The molecule has 1 aliphatic carbocycles. The number of hydrogen-bond acceptors (Lipinski definition) is 4. The SMILES string of the molecule is C[C@H](CC1=CC(O)C=C(N)C=C1)[C@@H](C)Cc1ccc(O)c(O)c1. The van der Waals surface area contributed by atoms with E-state index in [4.69, 9.17) is 5.73 Å². The van der Waals surface area contributed by atoms with Crippen molar-refractivity contribution < 1.29 is 15.3 Å². The van der Waals surface area contributed by atoms with E-state index < -0.39 is 6.10 Å². The van der Waals surface area contributed by atoms with Gasteiger partial charge >= 0.3 is 0 Å². The molecule has 0 bridgehead atoms. The van der Waals surface area contributed by atoms with E-state index in [2.05, 4.69) is 13.8 Å². The second kappa shape index (κ2) is 7.38. The van der Waals surface area contributed by atoms with E-state index in [1.54, 1.807) is 12.1 Å². The molecule has 124 valence electrons. The van der Waals surface area contributed by atoms with Crippen molar-refractivity contribution in [3.05, 3.63) is 59.3 Å². The first-order chi connectivity index (χ1) is 10.8. The van der Waals surface area contributed by atoms with Gasteiger partial charge in [-0.2, -0.15) is 0 Å². The molecule has 0 spiro atoms. The van der Waals surface area contributed by atoms with E-state index in [0.717, 1.165) is 24.0 Å². The highest BCUT2D eigenvalue weighted by Crippen LogP contribution is 2.29. The fraction of sp³-hybridized carbons (Fsp3) is 0.368. The first-order valence-corrected chi connectivity index (χ1v) is 7.90. The monoisotopic (exact) mass is 315 g/mol. The smallest absolute Gasteiger partial charge is 0.157 e. The molecule has 1 aromatic carbocycles. The second-order valence-corrected chi connectivity index (χ2v) is 6.42. The second-order valence-electron chi connectivity index (χ2n) is 6.42. The minimum absolute atomic E-state index is 0.0820. The van der Waals surface area contributed by atoms with Crippen LogP contribution in [0.3, 0.4) is 0 Å². The Hall–Kier alpha value is -2.20. The fourth-order valence-corrected chi connectivity index (χ4v) is 2.76. The van der Waals surface area contributed by atoms with E-state index >= 15 is 0 Å². The van der Waals surface area contributed by atoms with Gasteiger partial charge in [0.15, 0.2) is 11.5 Å². The van der Waals surface area contributed by atoms with Crippen LogP contribution in [0.15, 0.2) is 53.8 Å². The van der Waals surface area contributed by atoms with E-state index in [9.17, 15) is 15.3 Å². The number of aliphatic hydroxyl groups is 1. The number of benzene rings is 1. The first kappa shape index (κ1) is 17.2. The summed E-state index contributed by atoms with van der Waals surface area (Å²) in [6.45, 7) is 4.34. The van der Waals surface area contributed by atoms with E-state index in [1.165, 1.54) is 6.07 Å². The Kier molecular flexibility index (Phi) is 5.50. The molecule has 5 N–H and O–H groups in total. The number of phenols is 2. The molecule has 0 fully saturated rings. The highest BCUT2D eigenvalue weighted by Gasteiger charge is 2.16. The zero-order valence-corrected chi connectivity index (χ0v) is 13.6. The van der Waals surface area contributed by atoms with Crippen molar-refractivity contribution in [3.63, 3.8) is 0 Å². The molecule has 0 saturated carbocycles. The van der Waals surface area contributed by atoms with Crippen molar-refractivity contribution in [2.75, 3.05) is 0 Å². The Balaban J connectivity index is 1.98. The third-order valence-corrected chi connectivity index (χ3v) is 4.36. The maximum Gasteiger partial charge on any atom is 0.157 e. The zero-order valence-electron chi connectivity index (χ0n) is 13.6. The Morgan fingerprint density at radius 1 is 1.00 bits per heavy atom. The summed E-state index contributed by atoms with van der Waals surface area (Å²) < 4.78 is 0. The molecule has 4 heteroatoms. The van der Waals surface area contributed by atoms with Gasteiger partial charge in [0.05, 0.1) is 6.10 Å². The minimum Gasteiger partial charge on any atom is -0.504 e. The van der Waals surface area contributed by atoms with Crippen LogP contribution in [0.4, 0.5) is 0 Å². The van der Waals surface area contributed by atoms with Crippen LogP contribution in [0.25, 0.3) is 0 Å². The predicted molar refractivity (Wildman–Crippen MR) is 91.9 cm³/mol. The van der Waals surface area contributed by atoms with E-state index in [0.29, 0.717) is 17.5 Å². The zero-order chi connectivity index (χ0) is 17.0. The summed E-state index contributed by atoms with van der Waals surface area (Å²) in [6, 6.07) is 4.96. The molecular formula is C19H25NO3. The van der Waals surface area contributed by atoms with Crippen molar-refractivity contribution in [3.8, 4) is 11.5 Å².